The van der Waals surface area contributed by atoms with Crippen LogP contribution >= 0.6 is 11.6 Å². The number of amides is 1. The molecule has 3 rings (SSSR count). The van der Waals surface area contributed by atoms with Crippen molar-refractivity contribution < 1.29 is 23.8 Å². The van der Waals surface area contributed by atoms with Gasteiger partial charge in [0.1, 0.15) is 5.82 Å². The zero-order valence-electron chi connectivity index (χ0n) is 18.3. The Bertz CT molecular complexity index is 1160. The summed E-state index contributed by atoms with van der Waals surface area (Å²) in [5.74, 6) is 0.183. The Hall–Kier alpha value is -3.78. The fourth-order valence-corrected chi connectivity index (χ4v) is 3.41. The van der Waals surface area contributed by atoms with Crippen molar-refractivity contribution in [1.82, 2.24) is 9.78 Å². The van der Waals surface area contributed by atoms with Gasteiger partial charge in [0.15, 0.2) is 18.1 Å². The van der Waals surface area contributed by atoms with Gasteiger partial charge in [-0.05, 0) is 30.2 Å². The number of hydrogen-bond acceptors (Lipinski definition) is 6. The number of hydrogen-bond donors (Lipinski definition) is 1. The lowest BCUT2D eigenvalue weighted by atomic mass is 10.1. The molecule has 1 aromatic heterocycles. The van der Waals surface area contributed by atoms with E-state index in [2.05, 4.69) is 17.0 Å². The summed E-state index contributed by atoms with van der Waals surface area (Å²) in [5, 5.41) is 7.51. The number of methoxy groups -OCH3 is 2. The van der Waals surface area contributed by atoms with Crippen LogP contribution in [0.5, 0.6) is 11.5 Å². The summed E-state index contributed by atoms with van der Waals surface area (Å²) in [6, 6.07) is 12.1. The summed E-state index contributed by atoms with van der Waals surface area (Å²) in [7, 11) is 2.99. The fourth-order valence-electron chi connectivity index (χ4n) is 3.21. The Morgan fingerprint density at radius 3 is 2.64 bits per heavy atom. The zero-order valence-corrected chi connectivity index (χ0v) is 19.1. The highest BCUT2D eigenvalue weighted by atomic mass is 35.5. The Kier molecular flexibility index (Phi) is 8.10. The van der Waals surface area contributed by atoms with E-state index in [0.717, 1.165) is 5.56 Å². The number of benzene rings is 2. The maximum atomic E-state index is 12.6. The van der Waals surface area contributed by atoms with E-state index in [1.165, 1.54) is 20.3 Å². The second kappa shape index (κ2) is 11.2. The topological polar surface area (TPSA) is 91.7 Å². The molecule has 3 aromatic rings. The van der Waals surface area contributed by atoms with Gasteiger partial charge in [0.05, 0.1) is 32.5 Å². The molecule has 0 saturated carbocycles. The molecule has 0 radical (unpaired) electrons. The van der Waals surface area contributed by atoms with Gasteiger partial charge in [-0.15, -0.1) is 6.58 Å². The van der Waals surface area contributed by atoms with E-state index in [4.69, 9.17) is 25.8 Å². The lowest BCUT2D eigenvalue weighted by Gasteiger charge is -2.14. The van der Waals surface area contributed by atoms with Crippen LogP contribution in [0.4, 0.5) is 5.82 Å². The minimum absolute atomic E-state index is 0.237. The molecule has 9 heteroatoms. The normalized spacial score (nSPS) is 10.4. The molecule has 2 aromatic carbocycles. The zero-order chi connectivity index (χ0) is 23.8. The number of nitrogens with one attached hydrogen (secondary N) is 1. The van der Waals surface area contributed by atoms with Crippen molar-refractivity contribution in [3.63, 3.8) is 0 Å². The molecule has 0 aliphatic heterocycles. The lowest BCUT2D eigenvalue weighted by molar-refractivity contribution is -0.119. The van der Waals surface area contributed by atoms with Crippen LogP contribution in [0.15, 0.2) is 61.3 Å². The van der Waals surface area contributed by atoms with Gasteiger partial charge in [0, 0.05) is 16.7 Å². The molecule has 0 fully saturated rings. The largest absolute Gasteiger partial charge is 0.493 e. The molecule has 1 N–H and O–H groups in total. The van der Waals surface area contributed by atoms with Gasteiger partial charge in [-0.1, -0.05) is 35.9 Å². The highest BCUT2D eigenvalue weighted by Gasteiger charge is 2.18. The van der Waals surface area contributed by atoms with E-state index in [1.807, 2.05) is 18.2 Å². The first kappa shape index (κ1) is 23.9. The molecule has 0 spiro atoms. The maximum Gasteiger partial charge on any atom is 0.338 e. The van der Waals surface area contributed by atoms with Crippen LogP contribution in [0, 0.1) is 0 Å². The standard InChI is InChI=1S/C24H24ClN3O5/c1-4-7-16-12-18(13-20(31-2)23(16)32-3)24(30)33-15-22(29)27-21-10-11-26-28(21)14-17-8-5-6-9-19(17)25/h4-6,8-13H,1,7,14-15H2,2-3H3,(H,27,29). The monoisotopic (exact) mass is 469 g/mol. The Balaban J connectivity index is 1.65. The number of carbonyl (C=O) groups is 2. The van der Waals surface area contributed by atoms with Gasteiger partial charge < -0.3 is 19.5 Å². The first-order valence-corrected chi connectivity index (χ1v) is 10.4. The van der Waals surface area contributed by atoms with E-state index >= 15 is 0 Å². The summed E-state index contributed by atoms with van der Waals surface area (Å²) in [6.45, 7) is 3.62. The van der Waals surface area contributed by atoms with Crippen molar-refractivity contribution in [2.24, 2.45) is 0 Å². The minimum atomic E-state index is -0.666. The van der Waals surface area contributed by atoms with Crippen molar-refractivity contribution in [2.75, 3.05) is 26.1 Å². The molecule has 0 saturated heterocycles. The molecule has 1 amide bonds. The van der Waals surface area contributed by atoms with Crippen molar-refractivity contribution in [3.8, 4) is 11.5 Å². The molecule has 8 nitrogen and oxygen atoms in total. The number of esters is 1. The third-order valence-corrected chi connectivity index (χ3v) is 5.12. The van der Waals surface area contributed by atoms with E-state index in [9.17, 15) is 9.59 Å². The fraction of sp³-hybridized carbons (Fsp3) is 0.208. The van der Waals surface area contributed by atoms with Gasteiger partial charge in [-0.3, -0.25) is 4.79 Å². The molecule has 1 heterocycles. The van der Waals surface area contributed by atoms with Crippen molar-refractivity contribution in [1.29, 1.82) is 0 Å². The number of halogens is 1. The predicted octanol–water partition coefficient (Wildman–Crippen LogP) is 4.13. The number of anilines is 1. The van der Waals surface area contributed by atoms with Gasteiger partial charge in [0.2, 0.25) is 0 Å². The van der Waals surface area contributed by atoms with Crippen LogP contribution < -0.4 is 14.8 Å². The van der Waals surface area contributed by atoms with Crippen molar-refractivity contribution in [3.05, 3.63) is 83.0 Å². The summed E-state index contributed by atoms with van der Waals surface area (Å²) in [5.41, 5.74) is 1.81. The second-order valence-corrected chi connectivity index (χ2v) is 7.36. The van der Waals surface area contributed by atoms with Crippen molar-refractivity contribution in [2.45, 2.75) is 13.0 Å². The summed E-state index contributed by atoms with van der Waals surface area (Å²) in [6.07, 6.45) is 3.71. The average Bonchev–Trinajstić information content (AvgIpc) is 3.24. The minimum Gasteiger partial charge on any atom is -0.493 e. The number of allylic oxidation sites excluding steroid dienone is 1. The lowest BCUT2D eigenvalue weighted by Crippen LogP contribution is -2.23. The molecule has 0 aliphatic carbocycles. The first-order valence-electron chi connectivity index (χ1n) is 10.0. The molecule has 0 bridgehead atoms. The van der Waals surface area contributed by atoms with E-state index in [-0.39, 0.29) is 5.56 Å². The van der Waals surface area contributed by atoms with Gasteiger partial charge in [-0.25, -0.2) is 9.48 Å². The van der Waals surface area contributed by atoms with E-state index in [1.54, 1.807) is 35.2 Å². The highest BCUT2D eigenvalue weighted by Crippen LogP contribution is 2.33. The smallest absolute Gasteiger partial charge is 0.338 e. The third kappa shape index (κ3) is 5.93. The van der Waals surface area contributed by atoms with Gasteiger partial charge in [-0.2, -0.15) is 5.10 Å². The Labute approximate surface area is 196 Å². The van der Waals surface area contributed by atoms with Crippen LogP contribution in [-0.4, -0.2) is 42.5 Å². The Morgan fingerprint density at radius 1 is 1.15 bits per heavy atom. The third-order valence-electron chi connectivity index (χ3n) is 4.75. The molecule has 0 unspecified atom stereocenters. The van der Waals surface area contributed by atoms with Crippen molar-refractivity contribution >= 4 is 29.3 Å². The summed E-state index contributed by atoms with van der Waals surface area (Å²) in [4.78, 5) is 25.0. The Morgan fingerprint density at radius 2 is 1.94 bits per heavy atom. The molecule has 0 atom stereocenters. The average molecular weight is 470 g/mol. The van der Waals surface area contributed by atoms with Crippen LogP contribution in [0.3, 0.4) is 0 Å². The molecule has 33 heavy (non-hydrogen) atoms. The number of aromatic nitrogens is 2. The van der Waals surface area contributed by atoms with Gasteiger partial charge >= 0.3 is 5.97 Å². The second-order valence-electron chi connectivity index (χ2n) is 6.95. The first-order chi connectivity index (χ1) is 16.0. The molecule has 172 valence electrons. The number of rotatable bonds is 10. The number of carbonyl (C=O) groups excluding carboxylic acids is 2. The summed E-state index contributed by atoms with van der Waals surface area (Å²) >= 11 is 6.21. The predicted molar refractivity (Wildman–Crippen MR) is 125 cm³/mol. The van der Waals surface area contributed by atoms with Gasteiger partial charge in [0.25, 0.3) is 5.91 Å². The molecule has 0 aliphatic rings. The van der Waals surface area contributed by atoms with E-state index in [0.29, 0.717) is 40.9 Å². The molecular formula is C24H24ClN3O5. The van der Waals surface area contributed by atoms with Crippen LogP contribution in [0.25, 0.3) is 0 Å². The van der Waals surface area contributed by atoms with E-state index < -0.39 is 18.5 Å². The van der Waals surface area contributed by atoms with Crippen LogP contribution in [-0.2, 0) is 22.5 Å². The highest BCUT2D eigenvalue weighted by molar-refractivity contribution is 6.31. The number of ether oxygens (including phenoxy) is 3. The SMILES string of the molecule is C=CCc1cc(C(=O)OCC(=O)Nc2ccnn2Cc2ccccc2Cl)cc(OC)c1OC. The van der Waals surface area contributed by atoms with Crippen LogP contribution in [0.1, 0.15) is 21.5 Å². The summed E-state index contributed by atoms with van der Waals surface area (Å²) < 4.78 is 17.5. The molecular weight excluding hydrogens is 446 g/mol. The number of nitrogens with zero attached hydrogens (tertiary/aromatic N) is 2. The van der Waals surface area contributed by atoms with Crippen LogP contribution in [0.2, 0.25) is 5.02 Å². The quantitative estimate of drug-likeness (QED) is 0.354. The maximum absolute atomic E-state index is 12.6.